The molecule has 2 N–H and O–H groups in total. The first-order valence-corrected chi connectivity index (χ1v) is 9.87. The van der Waals surface area contributed by atoms with E-state index in [-0.39, 0.29) is 11.4 Å². The number of hydrogen-bond donors (Lipinski definition) is 2. The van der Waals surface area contributed by atoms with Crippen molar-refractivity contribution in [2.24, 2.45) is 0 Å². The monoisotopic (exact) mass is 265 g/mol. The van der Waals surface area contributed by atoms with Gasteiger partial charge in [0.1, 0.15) is 0 Å². The molecule has 0 fully saturated rings. The van der Waals surface area contributed by atoms with Crippen LogP contribution in [0.2, 0.25) is 25.2 Å². The maximum absolute atomic E-state index is 11.6. The Kier molecular flexibility index (Phi) is 5.11. The predicted molar refractivity (Wildman–Crippen MR) is 77.2 cm³/mol. The van der Waals surface area contributed by atoms with Crippen molar-refractivity contribution in [2.45, 2.75) is 37.7 Å². The van der Waals surface area contributed by atoms with Crippen LogP contribution < -0.4 is 5.32 Å². The smallest absolute Gasteiger partial charge is 0.219 e. The lowest BCUT2D eigenvalue weighted by Gasteiger charge is -2.32. The Balaban J connectivity index is 2.93. The lowest BCUT2D eigenvalue weighted by Crippen LogP contribution is -2.36. The van der Waals surface area contributed by atoms with Crippen molar-refractivity contribution < 1.29 is 9.90 Å². The van der Waals surface area contributed by atoms with Crippen molar-refractivity contribution in [1.29, 1.82) is 0 Å². The van der Waals surface area contributed by atoms with Gasteiger partial charge < -0.3 is 10.4 Å². The molecule has 2 unspecified atom stereocenters. The molecule has 0 aromatic heterocycles. The number of hydrogen-bond acceptors (Lipinski definition) is 2. The van der Waals surface area contributed by atoms with Gasteiger partial charge in [0.2, 0.25) is 5.91 Å². The SMILES string of the molecule is CNC(=O)CC(C(O)c1ccccc1)[Si](C)(C)C. The third-order valence-corrected chi connectivity index (χ3v) is 6.06. The summed E-state index contributed by atoms with van der Waals surface area (Å²) in [6, 6.07) is 9.60. The Hall–Kier alpha value is -1.13. The molecule has 0 aliphatic carbocycles. The van der Waals surface area contributed by atoms with Crippen molar-refractivity contribution in [3.8, 4) is 0 Å². The molecule has 1 amide bonds. The predicted octanol–water partition coefficient (Wildman–Crippen LogP) is 2.56. The number of nitrogens with one attached hydrogen (secondary N) is 1. The van der Waals surface area contributed by atoms with Crippen LogP contribution in [0, 0.1) is 0 Å². The van der Waals surface area contributed by atoms with Gasteiger partial charge in [-0.1, -0.05) is 50.0 Å². The molecule has 0 heterocycles. The zero-order valence-corrected chi connectivity index (χ0v) is 12.6. The molecular formula is C14H23NO2Si. The molecule has 0 saturated carbocycles. The maximum Gasteiger partial charge on any atom is 0.219 e. The molecule has 18 heavy (non-hydrogen) atoms. The summed E-state index contributed by atoms with van der Waals surface area (Å²) in [6.07, 6.45) is -0.169. The summed E-state index contributed by atoms with van der Waals surface area (Å²) in [5.41, 5.74) is 0.925. The van der Waals surface area contributed by atoms with Crippen molar-refractivity contribution in [3.63, 3.8) is 0 Å². The largest absolute Gasteiger partial charge is 0.388 e. The zero-order valence-electron chi connectivity index (χ0n) is 11.6. The molecule has 0 radical (unpaired) electrons. The van der Waals surface area contributed by atoms with Crippen LogP contribution in [0.5, 0.6) is 0 Å². The highest BCUT2D eigenvalue weighted by atomic mass is 28.3. The third kappa shape index (κ3) is 3.96. The fourth-order valence-electron chi connectivity index (χ4n) is 2.08. The normalized spacial score (nSPS) is 14.9. The molecule has 0 saturated heterocycles. The molecule has 1 aromatic rings. The highest BCUT2D eigenvalue weighted by Gasteiger charge is 2.34. The first-order valence-electron chi connectivity index (χ1n) is 6.30. The molecule has 1 rings (SSSR count). The van der Waals surface area contributed by atoms with Gasteiger partial charge in [-0.25, -0.2) is 0 Å². The number of benzene rings is 1. The summed E-state index contributed by atoms with van der Waals surface area (Å²) in [5.74, 6) is -0.00240. The number of aliphatic hydroxyl groups is 1. The van der Waals surface area contributed by atoms with Gasteiger partial charge in [0.15, 0.2) is 0 Å². The van der Waals surface area contributed by atoms with Gasteiger partial charge in [0.25, 0.3) is 0 Å². The van der Waals surface area contributed by atoms with E-state index in [0.717, 1.165) is 5.56 Å². The molecule has 3 nitrogen and oxygen atoms in total. The van der Waals surface area contributed by atoms with Gasteiger partial charge in [-0.05, 0) is 11.1 Å². The van der Waals surface area contributed by atoms with Crippen LogP contribution in [0.3, 0.4) is 0 Å². The van der Waals surface area contributed by atoms with Crippen LogP contribution >= 0.6 is 0 Å². The number of carbonyl (C=O) groups is 1. The quantitative estimate of drug-likeness (QED) is 0.804. The second-order valence-electron chi connectivity index (χ2n) is 5.71. The van der Waals surface area contributed by atoms with Crippen LogP contribution in [0.1, 0.15) is 18.1 Å². The fraction of sp³-hybridized carbons (Fsp3) is 0.500. The van der Waals surface area contributed by atoms with Crippen LogP contribution in [0.15, 0.2) is 30.3 Å². The Morgan fingerprint density at radius 3 is 2.28 bits per heavy atom. The summed E-state index contributed by atoms with van der Waals surface area (Å²) < 4.78 is 0. The molecular weight excluding hydrogens is 242 g/mol. The van der Waals surface area contributed by atoms with E-state index >= 15 is 0 Å². The van der Waals surface area contributed by atoms with Crippen molar-refractivity contribution >= 4 is 14.0 Å². The van der Waals surface area contributed by atoms with E-state index in [1.54, 1.807) is 7.05 Å². The average Bonchev–Trinajstić information content (AvgIpc) is 2.34. The summed E-state index contributed by atoms with van der Waals surface area (Å²) in [5, 5.41) is 13.2. The lowest BCUT2D eigenvalue weighted by molar-refractivity contribution is -0.121. The first kappa shape index (κ1) is 14.9. The van der Waals surface area contributed by atoms with E-state index in [1.807, 2.05) is 30.3 Å². The summed E-state index contributed by atoms with van der Waals surface area (Å²) in [4.78, 5) is 11.6. The van der Waals surface area contributed by atoms with E-state index < -0.39 is 14.2 Å². The van der Waals surface area contributed by atoms with Crippen LogP contribution in [-0.4, -0.2) is 26.1 Å². The maximum atomic E-state index is 11.6. The molecule has 0 aliphatic rings. The van der Waals surface area contributed by atoms with Gasteiger partial charge >= 0.3 is 0 Å². The molecule has 0 aliphatic heterocycles. The lowest BCUT2D eigenvalue weighted by atomic mass is 10.0. The second kappa shape index (κ2) is 6.16. The van der Waals surface area contributed by atoms with Crippen molar-refractivity contribution in [2.75, 3.05) is 7.05 Å². The summed E-state index contributed by atoms with van der Waals surface area (Å²) >= 11 is 0. The minimum atomic E-state index is -1.62. The summed E-state index contributed by atoms with van der Waals surface area (Å²) in [7, 11) is 0.0150. The Morgan fingerprint density at radius 1 is 1.28 bits per heavy atom. The van der Waals surface area contributed by atoms with E-state index in [4.69, 9.17) is 0 Å². The number of rotatable bonds is 5. The van der Waals surface area contributed by atoms with Crippen molar-refractivity contribution in [3.05, 3.63) is 35.9 Å². The van der Waals surface area contributed by atoms with E-state index in [9.17, 15) is 9.90 Å². The Morgan fingerprint density at radius 2 is 1.83 bits per heavy atom. The number of amides is 1. The third-order valence-electron chi connectivity index (χ3n) is 3.32. The summed E-state index contributed by atoms with van der Waals surface area (Å²) in [6.45, 7) is 6.56. The topological polar surface area (TPSA) is 49.3 Å². The second-order valence-corrected chi connectivity index (χ2v) is 11.2. The van der Waals surface area contributed by atoms with E-state index in [2.05, 4.69) is 25.0 Å². The standard InChI is InChI=1S/C14H23NO2Si/c1-15-13(16)10-12(18(2,3)4)14(17)11-8-6-5-7-9-11/h5-9,12,14,17H,10H2,1-4H3,(H,15,16). The van der Waals surface area contributed by atoms with Crippen LogP contribution in [-0.2, 0) is 4.79 Å². The highest BCUT2D eigenvalue weighted by Crippen LogP contribution is 2.37. The van der Waals surface area contributed by atoms with E-state index in [0.29, 0.717) is 6.42 Å². The van der Waals surface area contributed by atoms with Gasteiger partial charge in [0, 0.05) is 13.5 Å². The molecule has 1 aromatic carbocycles. The zero-order chi connectivity index (χ0) is 13.8. The molecule has 0 bridgehead atoms. The van der Waals surface area contributed by atoms with Gasteiger partial charge in [-0.15, -0.1) is 0 Å². The van der Waals surface area contributed by atoms with E-state index in [1.165, 1.54) is 0 Å². The molecule has 2 atom stereocenters. The highest BCUT2D eigenvalue weighted by molar-refractivity contribution is 6.77. The Labute approximate surface area is 110 Å². The minimum Gasteiger partial charge on any atom is -0.388 e. The number of aliphatic hydroxyl groups excluding tert-OH is 1. The Bertz CT molecular complexity index is 387. The van der Waals surface area contributed by atoms with Crippen LogP contribution in [0.4, 0.5) is 0 Å². The van der Waals surface area contributed by atoms with Gasteiger partial charge in [-0.3, -0.25) is 4.79 Å². The molecule has 0 spiro atoms. The minimum absolute atomic E-state index is 0.00240. The first-order chi connectivity index (χ1) is 8.36. The number of carbonyl (C=O) groups excluding carboxylic acids is 1. The fourth-order valence-corrected chi connectivity index (χ4v) is 4.01. The van der Waals surface area contributed by atoms with Gasteiger partial charge in [-0.2, -0.15) is 0 Å². The van der Waals surface area contributed by atoms with Crippen LogP contribution in [0.25, 0.3) is 0 Å². The van der Waals surface area contributed by atoms with Crippen molar-refractivity contribution in [1.82, 2.24) is 5.32 Å². The molecule has 4 heteroatoms. The molecule has 100 valence electrons. The van der Waals surface area contributed by atoms with Gasteiger partial charge in [0.05, 0.1) is 14.2 Å². The average molecular weight is 265 g/mol.